The summed E-state index contributed by atoms with van der Waals surface area (Å²) in [6.07, 6.45) is 39.5. The first-order chi connectivity index (χ1) is 21.0. The first-order valence-electron chi connectivity index (χ1n) is 17.3. The SMILES string of the molecule is CC/C=C\C/C=C\C/C=C\C/C=C\C(CCCCCC(=O)NCC(=O)O)OC(=O)CCCCCCCCCCCCCC. The summed E-state index contributed by atoms with van der Waals surface area (Å²) in [4.78, 5) is 34.8. The first-order valence-corrected chi connectivity index (χ1v) is 17.3. The van der Waals surface area contributed by atoms with Crippen molar-refractivity contribution in [2.24, 2.45) is 0 Å². The molecule has 1 unspecified atom stereocenters. The highest BCUT2D eigenvalue weighted by Gasteiger charge is 2.12. The average Bonchev–Trinajstić information content (AvgIpc) is 2.99. The third kappa shape index (κ3) is 32.1. The number of rotatable bonds is 30. The number of hydrogen-bond donors (Lipinski definition) is 2. The van der Waals surface area contributed by atoms with Gasteiger partial charge in [-0.05, 0) is 57.4 Å². The van der Waals surface area contributed by atoms with Gasteiger partial charge in [0.1, 0.15) is 12.6 Å². The van der Waals surface area contributed by atoms with E-state index in [1.807, 2.05) is 6.08 Å². The lowest BCUT2D eigenvalue weighted by Crippen LogP contribution is -2.28. The molecule has 0 aromatic rings. The largest absolute Gasteiger partial charge is 0.480 e. The number of ether oxygens (including phenoxy) is 1. The van der Waals surface area contributed by atoms with E-state index < -0.39 is 5.97 Å². The normalized spacial score (nSPS) is 12.6. The molecule has 0 aliphatic heterocycles. The summed E-state index contributed by atoms with van der Waals surface area (Å²) in [7, 11) is 0. The quantitative estimate of drug-likeness (QED) is 0.0485. The van der Waals surface area contributed by atoms with Gasteiger partial charge in [-0.3, -0.25) is 14.4 Å². The van der Waals surface area contributed by atoms with E-state index in [-0.39, 0.29) is 24.5 Å². The number of carboxylic acids is 1. The molecule has 43 heavy (non-hydrogen) atoms. The number of nitrogens with one attached hydrogen (secondary N) is 1. The zero-order valence-electron chi connectivity index (χ0n) is 27.5. The minimum atomic E-state index is -1.04. The number of carboxylic acid groups (broad SMARTS) is 1. The van der Waals surface area contributed by atoms with Gasteiger partial charge in [0.05, 0.1) is 0 Å². The van der Waals surface area contributed by atoms with Crippen LogP contribution < -0.4 is 5.32 Å². The fourth-order valence-electron chi connectivity index (χ4n) is 4.72. The molecule has 0 radical (unpaired) electrons. The van der Waals surface area contributed by atoms with Gasteiger partial charge in [-0.25, -0.2) is 0 Å². The Hall–Kier alpha value is -2.63. The van der Waals surface area contributed by atoms with Crippen LogP contribution in [-0.4, -0.2) is 35.6 Å². The number of hydrogen-bond acceptors (Lipinski definition) is 4. The van der Waals surface area contributed by atoms with Crippen LogP contribution in [0.15, 0.2) is 48.6 Å². The van der Waals surface area contributed by atoms with Gasteiger partial charge in [0.2, 0.25) is 5.91 Å². The third-order valence-electron chi connectivity index (χ3n) is 7.25. The molecule has 246 valence electrons. The number of carbonyl (C=O) groups excluding carboxylic acids is 2. The Bertz CT molecular complexity index is 799. The molecule has 0 saturated carbocycles. The van der Waals surface area contributed by atoms with Crippen molar-refractivity contribution < 1.29 is 24.2 Å². The number of carbonyl (C=O) groups is 3. The molecule has 0 heterocycles. The summed E-state index contributed by atoms with van der Waals surface area (Å²) < 4.78 is 5.82. The summed E-state index contributed by atoms with van der Waals surface area (Å²) in [5.41, 5.74) is 0. The summed E-state index contributed by atoms with van der Waals surface area (Å²) in [6.45, 7) is 4.05. The van der Waals surface area contributed by atoms with Gasteiger partial charge >= 0.3 is 11.9 Å². The predicted molar refractivity (Wildman–Crippen MR) is 180 cm³/mol. The molecule has 0 aliphatic rings. The number of esters is 1. The van der Waals surface area contributed by atoms with E-state index in [2.05, 4.69) is 61.7 Å². The number of amides is 1. The van der Waals surface area contributed by atoms with Gasteiger partial charge in [-0.2, -0.15) is 0 Å². The Morgan fingerprint density at radius 1 is 0.628 bits per heavy atom. The van der Waals surface area contributed by atoms with E-state index in [9.17, 15) is 14.4 Å². The molecular formula is C37H63NO5. The van der Waals surface area contributed by atoms with E-state index in [0.717, 1.165) is 57.8 Å². The van der Waals surface area contributed by atoms with Gasteiger partial charge < -0.3 is 15.2 Å². The van der Waals surface area contributed by atoms with Crippen LogP contribution in [0.5, 0.6) is 0 Å². The van der Waals surface area contributed by atoms with Crippen LogP contribution in [0, 0.1) is 0 Å². The average molecular weight is 602 g/mol. The van der Waals surface area contributed by atoms with Crippen LogP contribution in [0.2, 0.25) is 0 Å². The van der Waals surface area contributed by atoms with Crippen LogP contribution in [0.4, 0.5) is 0 Å². The molecule has 2 N–H and O–H groups in total. The lowest BCUT2D eigenvalue weighted by molar-refractivity contribution is -0.147. The fourth-order valence-corrected chi connectivity index (χ4v) is 4.72. The Balaban J connectivity index is 4.35. The highest BCUT2D eigenvalue weighted by molar-refractivity contribution is 5.80. The molecule has 0 saturated heterocycles. The Morgan fingerprint density at radius 2 is 1.12 bits per heavy atom. The van der Waals surface area contributed by atoms with E-state index in [0.29, 0.717) is 19.3 Å². The maximum Gasteiger partial charge on any atom is 0.322 e. The minimum Gasteiger partial charge on any atom is -0.480 e. The molecule has 0 bridgehead atoms. The van der Waals surface area contributed by atoms with Crippen LogP contribution in [0.25, 0.3) is 0 Å². The smallest absolute Gasteiger partial charge is 0.322 e. The predicted octanol–water partition coefficient (Wildman–Crippen LogP) is 9.95. The lowest BCUT2D eigenvalue weighted by Gasteiger charge is -2.14. The van der Waals surface area contributed by atoms with Crippen LogP contribution in [0.3, 0.4) is 0 Å². The number of unbranched alkanes of at least 4 members (excludes halogenated alkanes) is 13. The van der Waals surface area contributed by atoms with Crippen molar-refractivity contribution in [1.82, 2.24) is 5.32 Å². The number of allylic oxidation sites excluding steroid dienone is 7. The van der Waals surface area contributed by atoms with Gasteiger partial charge in [0.15, 0.2) is 0 Å². The zero-order valence-corrected chi connectivity index (χ0v) is 27.5. The molecule has 0 fully saturated rings. The van der Waals surface area contributed by atoms with Crippen molar-refractivity contribution in [3.63, 3.8) is 0 Å². The highest BCUT2D eigenvalue weighted by atomic mass is 16.5. The zero-order chi connectivity index (χ0) is 31.6. The second-order valence-corrected chi connectivity index (χ2v) is 11.4. The second-order valence-electron chi connectivity index (χ2n) is 11.4. The third-order valence-corrected chi connectivity index (χ3v) is 7.25. The standard InChI is InChI=1S/C37H63NO5/c1-3-5-7-9-11-13-15-17-19-21-23-28-32-37(42)43-34(30-26-24-27-31-35(39)38-33-36(40)41)29-25-22-20-18-16-14-12-10-8-6-4-2/h6,8,12,14,18,20,25,29,34H,3-5,7,9-11,13,15-17,19,21-24,26-28,30-33H2,1-2H3,(H,38,39)(H,40,41)/b8-6-,14-12-,20-18-,29-25-. The summed E-state index contributed by atoms with van der Waals surface area (Å²) in [6, 6.07) is 0. The van der Waals surface area contributed by atoms with Gasteiger partial charge in [0, 0.05) is 12.8 Å². The Morgan fingerprint density at radius 3 is 1.67 bits per heavy atom. The monoisotopic (exact) mass is 601 g/mol. The second kappa shape index (κ2) is 32.3. The molecule has 0 aromatic carbocycles. The molecule has 0 aliphatic carbocycles. The summed E-state index contributed by atoms with van der Waals surface area (Å²) in [5, 5.41) is 11.0. The first kappa shape index (κ1) is 40.4. The van der Waals surface area contributed by atoms with E-state index in [1.54, 1.807) is 0 Å². The molecule has 1 amide bonds. The molecule has 6 nitrogen and oxygen atoms in total. The summed E-state index contributed by atoms with van der Waals surface area (Å²) >= 11 is 0. The van der Waals surface area contributed by atoms with Crippen molar-refractivity contribution >= 4 is 17.8 Å². The maximum atomic E-state index is 12.6. The topological polar surface area (TPSA) is 92.7 Å². The molecular weight excluding hydrogens is 538 g/mol. The van der Waals surface area contributed by atoms with Crippen molar-refractivity contribution in [3.8, 4) is 0 Å². The molecule has 6 heteroatoms. The van der Waals surface area contributed by atoms with Gasteiger partial charge in [0.25, 0.3) is 0 Å². The van der Waals surface area contributed by atoms with Crippen molar-refractivity contribution in [2.45, 2.75) is 161 Å². The highest BCUT2D eigenvalue weighted by Crippen LogP contribution is 2.15. The van der Waals surface area contributed by atoms with Gasteiger partial charge in [-0.1, -0.05) is 133 Å². The molecule has 0 spiro atoms. The van der Waals surface area contributed by atoms with Gasteiger partial charge in [-0.15, -0.1) is 0 Å². The molecule has 0 aromatic heterocycles. The molecule has 1 atom stereocenters. The van der Waals surface area contributed by atoms with Crippen LogP contribution in [0.1, 0.15) is 155 Å². The fraction of sp³-hybridized carbons (Fsp3) is 0.703. The Labute approximate surface area is 263 Å². The van der Waals surface area contributed by atoms with E-state index in [1.165, 1.54) is 64.2 Å². The van der Waals surface area contributed by atoms with E-state index in [4.69, 9.17) is 9.84 Å². The van der Waals surface area contributed by atoms with Crippen LogP contribution >= 0.6 is 0 Å². The van der Waals surface area contributed by atoms with E-state index >= 15 is 0 Å². The molecule has 0 rings (SSSR count). The Kier molecular flexibility index (Phi) is 30.3. The lowest BCUT2D eigenvalue weighted by atomic mass is 10.0. The maximum absolute atomic E-state index is 12.6. The van der Waals surface area contributed by atoms with Crippen LogP contribution in [-0.2, 0) is 19.1 Å². The minimum absolute atomic E-state index is 0.132. The van der Waals surface area contributed by atoms with Crippen molar-refractivity contribution in [1.29, 1.82) is 0 Å². The van der Waals surface area contributed by atoms with Crippen molar-refractivity contribution in [3.05, 3.63) is 48.6 Å². The van der Waals surface area contributed by atoms with Crippen molar-refractivity contribution in [2.75, 3.05) is 6.54 Å². The summed E-state index contributed by atoms with van der Waals surface area (Å²) in [5.74, 6) is -1.42. The number of aliphatic carboxylic acids is 1.